The van der Waals surface area contributed by atoms with E-state index in [1.807, 2.05) is 0 Å². The average molecular weight is 259 g/mol. The van der Waals surface area contributed by atoms with Crippen LogP contribution in [0.4, 0.5) is 0 Å². The van der Waals surface area contributed by atoms with Crippen molar-refractivity contribution < 1.29 is 0 Å². The van der Waals surface area contributed by atoms with E-state index in [-0.39, 0.29) is 0 Å². The van der Waals surface area contributed by atoms with Gasteiger partial charge < -0.3 is 5.32 Å². The third-order valence-corrected chi connectivity index (χ3v) is 4.72. The van der Waals surface area contributed by atoms with Crippen molar-refractivity contribution in [2.75, 3.05) is 0 Å². The molecule has 1 aliphatic rings. The van der Waals surface area contributed by atoms with E-state index >= 15 is 0 Å². The average Bonchev–Trinajstić information content (AvgIpc) is 2.51. The second kappa shape index (κ2) is 6.09. The highest BCUT2D eigenvalue weighted by molar-refractivity contribution is 5.28. The normalized spacial score (nSPS) is 24.7. The summed E-state index contributed by atoms with van der Waals surface area (Å²) in [4.78, 5) is 0. The van der Waals surface area contributed by atoms with Gasteiger partial charge in [-0.15, -0.1) is 0 Å². The monoisotopic (exact) mass is 259 g/mol. The third-order valence-electron chi connectivity index (χ3n) is 4.72. The summed E-state index contributed by atoms with van der Waals surface area (Å²) in [6.07, 6.45) is 6.75. The van der Waals surface area contributed by atoms with Crippen LogP contribution in [0.1, 0.15) is 70.0 Å². The first-order chi connectivity index (χ1) is 8.98. The molecule has 1 nitrogen and oxygen atoms in total. The van der Waals surface area contributed by atoms with Crippen LogP contribution in [0.15, 0.2) is 24.3 Å². The van der Waals surface area contributed by atoms with Crippen molar-refractivity contribution in [3.8, 4) is 0 Å². The van der Waals surface area contributed by atoms with Crippen molar-refractivity contribution in [1.29, 1.82) is 0 Å². The summed E-state index contributed by atoms with van der Waals surface area (Å²) in [6, 6.07) is 9.90. The van der Waals surface area contributed by atoms with E-state index in [0.29, 0.717) is 17.5 Å². The Labute approximate surface area is 118 Å². The summed E-state index contributed by atoms with van der Waals surface area (Å²) < 4.78 is 0. The molecule has 0 aliphatic heterocycles. The molecule has 0 heterocycles. The maximum Gasteiger partial charge on any atom is 0.0296 e. The summed E-state index contributed by atoms with van der Waals surface area (Å²) in [5, 5.41) is 3.85. The molecule has 0 amide bonds. The highest BCUT2D eigenvalue weighted by Gasteiger charge is 2.25. The van der Waals surface area contributed by atoms with Gasteiger partial charge in [-0.1, -0.05) is 44.5 Å². The molecule has 1 unspecified atom stereocenters. The molecule has 1 saturated carbocycles. The Hall–Kier alpha value is -0.820. The van der Waals surface area contributed by atoms with Crippen molar-refractivity contribution in [2.24, 2.45) is 5.41 Å². The Kier molecular flexibility index (Phi) is 4.67. The molecule has 1 aromatic carbocycles. The fraction of sp³-hybridized carbons (Fsp3) is 0.667. The zero-order valence-corrected chi connectivity index (χ0v) is 13.0. The minimum atomic E-state index is 0.465. The SMILES string of the molecule is Cc1ccccc1[C@H](C)NC1CCCC(C)(C)CC1. The topological polar surface area (TPSA) is 12.0 Å². The van der Waals surface area contributed by atoms with Crippen molar-refractivity contribution in [2.45, 2.75) is 71.9 Å². The van der Waals surface area contributed by atoms with Crippen LogP contribution in [0, 0.1) is 12.3 Å². The molecule has 0 radical (unpaired) electrons. The Morgan fingerprint density at radius 1 is 1.16 bits per heavy atom. The van der Waals surface area contributed by atoms with Crippen LogP contribution in [0.2, 0.25) is 0 Å². The van der Waals surface area contributed by atoms with Crippen LogP contribution in [0.3, 0.4) is 0 Å². The van der Waals surface area contributed by atoms with E-state index in [1.165, 1.54) is 43.2 Å². The van der Waals surface area contributed by atoms with Gasteiger partial charge in [0.25, 0.3) is 0 Å². The molecule has 1 aromatic rings. The first-order valence-electron chi connectivity index (χ1n) is 7.79. The molecule has 19 heavy (non-hydrogen) atoms. The van der Waals surface area contributed by atoms with Crippen LogP contribution < -0.4 is 5.32 Å². The summed E-state index contributed by atoms with van der Waals surface area (Å²) >= 11 is 0. The molecule has 1 heteroatoms. The number of hydrogen-bond donors (Lipinski definition) is 1. The Morgan fingerprint density at radius 3 is 2.63 bits per heavy atom. The molecule has 1 aliphatic carbocycles. The summed E-state index contributed by atoms with van der Waals surface area (Å²) in [5.41, 5.74) is 3.39. The molecule has 0 spiro atoms. The largest absolute Gasteiger partial charge is 0.307 e. The van der Waals surface area contributed by atoms with E-state index in [1.54, 1.807) is 0 Å². The van der Waals surface area contributed by atoms with E-state index in [4.69, 9.17) is 0 Å². The minimum absolute atomic E-state index is 0.465. The fourth-order valence-electron chi connectivity index (χ4n) is 3.34. The predicted octanol–water partition coefficient (Wildman–Crippen LogP) is 5.00. The van der Waals surface area contributed by atoms with Crippen LogP contribution in [0.25, 0.3) is 0 Å². The van der Waals surface area contributed by atoms with Crippen LogP contribution in [0.5, 0.6) is 0 Å². The van der Waals surface area contributed by atoms with Gasteiger partial charge in [0.1, 0.15) is 0 Å². The highest BCUT2D eigenvalue weighted by Crippen LogP contribution is 2.34. The maximum absolute atomic E-state index is 3.85. The number of nitrogens with one attached hydrogen (secondary N) is 1. The second-order valence-corrected chi connectivity index (χ2v) is 7.04. The van der Waals surface area contributed by atoms with E-state index in [2.05, 4.69) is 57.3 Å². The summed E-state index contributed by atoms with van der Waals surface area (Å²) in [7, 11) is 0. The van der Waals surface area contributed by atoms with Crippen molar-refractivity contribution in [3.63, 3.8) is 0 Å². The predicted molar refractivity (Wildman–Crippen MR) is 83.4 cm³/mol. The fourth-order valence-corrected chi connectivity index (χ4v) is 3.34. The van der Waals surface area contributed by atoms with Gasteiger partial charge >= 0.3 is 0 Å². The molecule has 106 valence electrons. The van der Waals surface area contributed by atoms with Crippen molar-refractivity contribution >= 4 is 0 Å². The van der Waals surface area contributed by atoms with Gasteiger partial charge in [0.05, 0.1) is 0 Å². The van der Waals surface area contributed by atoms with Crippen LogP contribution in [-0.4, -0.2) is 6.04 Å². The Balaban J connectivity index is 1.96. The summed E-state index contributed by atoms with van der Waals surface area (Å²) in [5.74, 6) is 0. The number of rotatable bonds is 3. The van der Waals surface area contributed by atoms with E-state index in [9.17, 15) is 0 Å². The van der Waals surface area contributed by atoms with Gasteiger partial charge in [0.2, 0.25) is 0 Å². The molecule has 2 atom stereocenters. The van der Waals surface area contributed by atoms with Gasteiger partial charge in [-0.25, -0.2) is 0 Å². The zero-order chi connectivity index (χ0) is 13.9. The van der Waals surface area contributed by atoms with Gasteiger partial charge in [-0.2, -0.15) is 0 Å². The number of hydrogen-bond acceptors (Lipinski definition) is 1. The van der Waals surface area contributed by atoms with Crippen LogP contribution >= 0.6 is 0 Å². The number of benzene rings is 1. The third kappa shape index (κ3) is 4.07. The molecule has 0 aromatic heterocycles. The number of aryl methyl sites for hydroxylation is 1. The Bertz CT molecular complexity index is 408. The van der Waals surface area contributed by atoms with Crippen LogP contribution in [-0.2, 0) is 0 Å². The lowest BCUT2D eigenvalue weighted by Crippen LogP contribution is -2.31. The molecule has 1 N–H and O–H groups in total. The summed E-state index contributed by atoms with van der Waals surface area (Å²) in [6.45, 7) is 9.35. The van der Waals surface area contributed by atoms with Crippen molar-refractivity contribution in [1.82, 2.24) is 5.32 Å². The molecule has 2 rings (SSSR count). The highest BCUT2D eigenvalue weighted by atomic mass is 14.9. The smallest absolute Gasteiger partial charge is 0.0296 e. The van der Waals surface area contributed by atoms with Gasteiger partial charge in [0.15, 0.2) is 0 Å². The maximum atomic E-state index is 3.85. The lowest BCUT2D eigenvalue weighted by molar-refractivity contribution is 0.307. The standard InChI is InChI=1S/C18H29N/c1-14-8-5-6-10-17(14)15(2)19-16-9-7-12-18(3,4)13-11-16/h5-6,8,10,15-16,19H,7,9,11-13H2,1-4H3/t15-,16?/m0/s1. The quantitative estimate of drug-likeness (QED) is 0.753. The molecular formula is C18H29N. The minimum Gasteiger partial charge on any atom is -0.307 e. The molecule has 0 saturated heterocycles. The van der Waals surface area contributed by atoms with E-state index < -0.39 is 0 Å². The lowest BCUT2D eigenvalue weighted by atomic mass is 9.85. The Morgan fingerprint density at radius 2 is 1.89 bits per heavy atom. The molecule has 0 bridgehead atoms. The molecule has 1 fully saturated rings. The van der Waals surface area contributed by atoms with Gasteiger partial charge in [0, 0.05) is 12.1 Å². The lowest BCUT2D eigenvalue weighted by Gasteiger charge is -2.25. The van der Waals surface area contributed by atoms with Crippen molar-refractivity contribution in [3.05, 3.63) is 35.4 Å². The zero-order valence-electron chi connectivity index (χ0n) is 13.0. The first-order valence-corrected chi connectivity index (χ1v) is 7.79. The van der Waals surface area contributed by atoms with E-state index in [0.717, 1.165) is 0 Å². The molecular weight excluding hydrogens is 230 g/mol. The van der Waals surface area contributed by atoms with Gasteiger partial charge in [-0.05, 0) is 56.1 Å². The first kappa shape index (κ1) is 14.6. The second-order valence-electron chi connectivity index (χ2n) is 7.04. The van der Waals surface area contributed by atoms with Gasteiger partial charge in [-0.3, -0.25) is 0 Å².